The van der Waals surface area contributed by atoms with Crippen molar-refractivity contribution in [1.82, 2.24) is 20.4 Å². The van der Waals surface area contributed by atoms with Gasteiger partial charge in [0.05, 0.1) is 31.4 Å². The number of hydrogen-bond donors (Lipinski definition) is 6. The van der Waals surface area contributed by atoms with Crippen LogP contribution in [0.15, 0.2) is 28.2 Å². The monoisotopic (exact) mass is 528 g/mol. The fraction of sp³-hybridized carbons (Fsp3) is 0.522. The summed E-state index contributed by atoms with van der Waals surface area (Å²) in [6.07, 6.45) is 0.827. The predicted molar refractivity (Wildman–Crippen MR) is 130 cm³/mol. The van der Waals surface area contributed by atoms with Gasteiger partial charge in [0.15, 0.2) is 29.1 Å². The summed E-state index contributed by atoms with van der Waals surface area (Å²) in [6.45, 7) is 0.496. The van der Waals surface area contributed by atoms with Crippen molar-refractivity contribution in [3.8, 4) is 11.5 Å². The molecule has 38 heavy (non-hydrogen) atoms. The van der Waals surface area contributed by atoms with Crippen LogP contribution < -0.4 is 31.6 Å². The second-order valence-corrected chi connectivity index (χ2v) is 9.85. The van der Waals surface area contributed by atoms with E-state index < -0.39 is 35.5 Å². The van der Waals surface area contributed by atoms with Gasteiger partial charge in [-0.15, -0.1) is 0 Å². The molecule has 2 saturated heterocycles. The van der Waals surface area contributed by atoms with E-state index in [2.05, 4.69) is 20.6 Å². The SMILES string of the molecule is NC1=N[C@H]2[C@H](CN3C(=O)CCC3=O)N=C(N)N3CC(NC(=O)c4cccc5c4OCCCO5)C(O)(O)[C@]23N1. The van der Waals surface area contributed by atoms with Crippen LogP contribution in [0.3, 0.4) is 0 Å². The molecule has 1 spiro atoms. The van der Waals surface area contributed by atoms with E-state index in [9.17, 15) is 24.6 Å². The normalized spacial score (nSPS) is 31.2. The van der Waals surface area contributed by atoms with Gasteiger partial charge in [0.25, 0.3) is 5.91 Å². The third-order valence-electron chi connectivity index (χ3n) is 7.65. The van der Waals surface area contributed by atoms with Crippen LogP contribution in [0.5, 0.6) is 11.5 Å². The molecule has 0 radical (unpaired) electrons. The quantitative estimate of drug-likeness (QED) is 0.169. The van der Waals surface area contributed by atoms with Gasteiger partial charge in [0.2, 0.25) is 17.6 Å². The molecule has 3 amide bonds. The number of benzene rings is 1. The lowest BCUT2D eigenvalue weighted by atomic mass is 9.84. The molecular weight excluding hydrogens is 500 g/mol. The molecule has 15 nitrogen and oxygen atoms in total. The van der Waals surface area contributed by atoms with Gasteiger partial charge in [-0.3, -0.25) is 19.3 Å². The molecule has 6 rings (SSSR count). The third kappa shape index (κ3) is 3.38. The Bertz CT molecular complexity index is 1270. The van der Waals surface area contributed by atoms with E-state index in [1.165, 1.54) is 4.90 Å². The van der Waals surface area contributed by atoms with E-state index in [4.69, 9.17) is 20.9 Å². The highest BCUT2D eigenvalue weighted by atomic mass is 16.5. The predicted octanol–water partition coefficient (Wildman–Crippen LogP) is -3.23. The number of para-hydroxylation sites is 1. The largest absolute Gasteiger partial charge is 0.490 e. The van der Waals surface area contributed by atoms with Crippen molar-refractivity contribution in [2.75, 3.05) is 26.3 Å². The van der Waals surface area contributed by atoms with Gasteiger partial charge in [0, 0.05) is 25.8 Å². The van der Waals surface area contributed by atoms with E-state index in [1.54, 1.807) is 18.2 Å². The second kappa shape index (κ2) is 8.46. The summed E-state index contributed by atoms with van der Waals surface area (Å²) in [5.74, 6) is -3.50. The molecule has 0 saturated carbocycles. The van der Waals surface area contributed by atoms with E-state index in [1.807, 2.05) is 0 Å². The maximum absolute atomic E-state index is 13.4. The number of imide groups is 1. The number of nitrogens with two attached hydrogens (primary N) is 2. The molecule has 5 aliphatic heterocycles. The number of amides is 3. The van der Waals surface area contributed by atoms with Gasteiger partial charge in [-0.2, -0.15) is 0 Å². The maximum Gasteiger partial charge on any atom is 0.255 e. The number of rotatable bonds is 4. The Labute approximate surface area is 216 Å². The van der Waals surface area contributed by atoms with Crippen LogP contribution in [-0.2, 0) is 9.59 Å². The van der Waals surface area contributed by atoms with Crippen molar-refractivity contribution in [3.05, 3.63) is 23.8 Å². The molecule has 4 atom stereocenters. The molecule has 1 aromatic rings. The number of aliphatic imine (C=N–C) groups is 2. The van der Waals surface area contributed by atoms with Crippen LogP contribution in [0.1, 0.15) is 29.6 Å². The Hall–Kier alpha value is -4.11. The number of fused-ring (bicyclic) bond motifs is 1. The van der Waals surface area contributed by atoms with Gasteiger partial charge in [-0.25, -0.2) is 9.98 Å². The zero-order valence-corrected chi connectivity index (χ0v) is 20.3. The minimum absolute atomic E-state index is 0.0859. The molecule has 0 bridgehead atoms. The average Bonchev–Trinajstić information content (AvgIpc) is 3.37. The molecule has 8 N–H and O–H groups in total. The molecule has 0 aromatic heterocycles. The first-order chi connectivity index (χ1) is 18.1. The summed E-state index contributed by atoms with van der Waals surface area (Å²) in [7, 11) is 0. The zero-order valence-electron chi connectivity index (χ0n) is 20.3. The van der Waals surface area contributed by atoms with Crippen molar-refractivity contribution in [3.63, 3.8) is 0 Å². The van der Waals surface area contributed by atoms with E-state index in [0.717, 1.165) is 4.90 Å². The van der Waals surface area contributed by atoms with Gasteiger partial charge in [-0.1, -0.05) is 6.07 Å². The molecule has 2 fully saturated rings. The van der Waals surface area contributed by atoms with Crippen molar-refractivity contribution >= 4 is 29.6 Å². The number of carbonyl (C=O) groups excluding carboxylic acids is 3. The minimum Gasteiger partial charge on any atom is -0.490 e. The number of hydrogen-bond acceptors (Lipinski definition) is 13. The minimum atomic E-state index is -2.67. The fourth-order valence-electron chi connectivity index (χ4n) is 5.86. The van der Waals surface area contributed by atoms with Crippen LogP contribution in [-0.4, -0.2) is 106 Å². The number of nitrogens with zero attached hydrogens (tertiary/aromatic N) is 4. The Morgan fingerprint density at radius 3 is 2.66 bits per heavy atom. The Balaban J connectivity index is 1.31. The molecule has 15 heteroatoms. The topological polar surface area (TPSA) is 217 Å². The molecule has 202 valence electrons. The van der Waals surface area contributed by atoms with Crippen molar-refractivity contribution in [1.29, 1.82) is 0 Å². The third-order valence-corrected chi connectivity index (χ3v) is 7.65. The Morgan fingerprint density at radius 1 is 1.16 bits per heavy atom. The Morgan fingerprint density at radius 2 is 1.89 bits per heavy atom. The fourth-order valence-corrected chi connectivity index (χ4v) is 5.86. The van der Waals surface area contributed by atoms with Crippen LogP contribution >= 0.6 is 0 Å². The van der Waals surface area contributed by atoms with E-state index in [0.29, 0.717) is 25.4 Å². The highest BCUT2D eigenvalue weighted by Crippen LogP contribution is 2.45. The van der Waals surface area contributed by atoms with Crippen molar-refractivity contribution in [2.45, 2.75) is 48.8 Å². The first kappa shape index (κ1) is 24.2. The second-order valence-electron chi connectivity index (χ2n) is 9.85. The summed E-state index contributed by atoms with van der Waals surface area (Å²) in [5.41, 5.74) is 10.6. The number of guanidine groups is 2. The Kier molecular flexibility index (Phi) is 5.39. The molecular formula is C23H28N8O7. The van der Waals surface area contributed by atoms with Gasteiger partial charge in [-0.05, 0) is 12.1 Å². The van der Waals surface area contributed by atoms with Crippen molar-refractivity contribution in [2.24, 2.45) is 21.5 Å². The van der Waals surface area contributed by atoms with Gasteiger partial charge < -0.3 is 46.7 Å². The van der Waals surface area contributed by atoms with Crippen LogP contribution in [0.2, 0.25) is 0 Å². The van der Waals surface area contributed by atoms with E-state index >= 15 is 0 Å². The average molecular weight is 529 g/mol. The highest BCUT2D eigenvalue weighted by Gasteiger charge is 2.73. The number of ether oxygens (including phenoxy) is 2. The summed E-state index contributed by atoms with van der Waals surface area (Å²) in [5, 5.41) is 28.7. The summed E-state index contributed by atoms with van der Waals surface area (Å²) >= 11 is 0. The molecule has 5 aliphatic rings. The standard InChI is InChI=1S/C23H28N8O7/c24-20-28-18-12(9-30-15(32)5-6-16(30)33)26-21(25)31-10-14(23(35,36)22(18,31)29-20)27-19(34)11-3-1-4-13-17(11)38-8-2-7-37-13/h1,3-4,12,14,18,35-36H,2,5-10H2,(H2,25,26)(H,27,34)(H3,24,28,29)/t12-,14?,18-,22-/m0/s1. The van der Waals surface area contributed by atoms with Gasteiger partial charge in [0.1, 0.15) is 12.1 Å². The van der Waals surface area contributed by atoms with E-state index in [-0.39, 0.29) is 61.0 Å². The lowest BCUT2D eigenvalue weighted by molar-refractivity contribution is -0.230. The summed E-state index contributed by atoms with van der Waals surface area (Å²) < 4.78 is 11.4. The summed E-state index contributed by atoms with van der Waals surface area (Å²) in [6, 6.07) is 1.65. The van der Waals surface area contributed by atoms with Crippen LogP contribution in [0.4, 0.5) is 0 Å². The first-order valence-electron chi connectivity index (χ1n) is 12.3. The molecule has 5 heterocycles. The molecule has 1 unspecified atom stereocenters. The number of nitrogens with one attached hydrogen (secondary N) is 2. The number of carbonyl (C=O) groups is 3. The smallest absolute Gasteiger partial charge is 0.255 e. The first-order valence-corrected chi connectivity index (χ1v) is 12.3. The lowest BCUT2D eigenvalue weighted by Crippen LogP contribution is -2.78. The number of aliphatic hydroxyl groups is 2. The van der Waals surface area contributed by atoms with Crippen LogP contribution in [0, 0.1) is 0 Å². The summed E-state index contributed by atoms with van der Waals surface area (Å²) in [4.78, 5) is 49.1. The maximum atomic E-state index is 13.4. The zero-order chi connectivity index (χ0) is 26.8. The highest BCUT2D eigenvalue weighted by molar-refractivity contribution is 6.02. The van der Waals surface area contributed by atoms with Gasteiger partial charge >= 0.3 is 0 Å². The van der Waals surface area contributed by atoms with Crippen LogP contribution in [0.25, 0.3) is 0 Å². The van der Waals surface area contributed by atoms with Crippen molar-refractivity contribution < 1.29 is 34.1 Å². The molecule has 0 aliphatic carbocycles. The molecule has 1 aromatic carbocycles. The lowest BCUT2D eigenvalue weighted by Gasteiger charge is -2.49. The number of likely N-dealkylation sites (tertiary alicyclic amines) is 1.